The fourth-order valence-electron chi connectivity index (χ4n) is 4.89. The van der Waals surface area contributed by atoms with Crippen molar-refractivity contribution in [1.29, 1.82) is 0 Å². The number of aromatic nitrogens is 1. The largest absolute Gasteiger partial charge is 0.357 e. The van der Waals surface area contributed by atoms with Crippen molar-refractivity contribution < 1.29 is 17.6 Å². The second-order valence-electron chi connectivity index (χ2n) is 8.08. The molecule has 0 aliphatic carbocycles. The van der Waals surface area contributed by atoms with Crippen LogP contribution in [0.3, 0.4) is 0 Å². The van der Waals surface area contributed by atoms with E-state index in [9.17, 15) is 17.6 Å². The van der Waals surface area contributed by atoms with Gasteiger partial charge in [0.05, 0.1) is 5.54 Å². The number of benzene rings is 2. The third kappa shape index (κ3) is 3.13. The summed E-state index contributed by atoms with van der Waals surface area (Å²) in [7, 11) is 0. The number of piperidine rings is 1. The van der Waals surface area contributed by atoms with Gasteiger partial charge in [0.15, 0.2) is 17.5 Å². The van der Waals surface area contributed by atoms with Gasteiger partial charge < -0.3 is 10.3 Å². The first-order chi connectivity index (χ1) is 13.9. The van der Waals surface area contributed by atoms with Gasteiger partial charge in [-0.05, 0) is 60.7 Å². The van der Waals surface area contributed by atoms with Gasteiger partial charge in [0.2, 0.25) is 0 Å². The maximum absolute atomic E-state index is 13.7. The first kappa shape index (κ1) is 18.6. The van der Waals surface area contributed by atoms with E-state index in [0.717, 1.165) is 67.6 Å². The molecule has 0 atom stereocenters. The summed E-state index contributed by atoms with van der Waals surface area (Å²) in [6.45, 7) is 2.69. The Hall–Kier alpha value is -2.38. The normalized spacial score (nSPS) is 19.0. The molecular weight excluding hydrogens is 382 g/mol. The molecule has 29 heavy (non-hydrogen) atoms. The number of nitrogens with one attached hydrogen (secondary N) is 2. The van der Waals surface area contributed by atoms with Crippen molar-refractivity contribution in [2.45, 2.75) is 31.3 Å². The summed E-state index contributed by atoms with van der Waals surface area (Å²) in [4.78, 5) is 5.56. The van der Waals surface area contributed by atoms with Gasteiger partial charge in [-0.3, -0.25) is 4.90 Å². The predicted octanol–water partition coefficient (Wildman–Crippen LogP) is 4.36. The maximum Gasteiger partial charge on any atom is 0.194 e. The predicted molar refractivity (Wildman–Crippen MR) is 102 cm³/mol. The molecule has 3 nitrogen and oxygen atoms in total. The summed E-state index contributed by atoms with van der Waals surface area (Å²) in [5, 5.41) is 4.73. The SMILES string of the molecule is Fc1ccc2c3c([nH]c2c1)C1(CCN(Cc2cc(F)c(F)c(F)c2)CC1)NCC3. The molecule has 3 heterocycles. The van der Waals surface area contributed by atoms with Gasteiger partial charge in [0.25, 0.3) is 0 Å². The van der Waals surface area contributed by atoms with Gasteiger partial charge in [-0.1, -0.05) is 0 Å². The Kier molecular flexibility index (Phi) is 4.40. The number of aromatic amines is 1. The number of H-pyrrole nitrogens is 1. The van der Waals surface area contributed by atoms with Gasteiger partial charge in [-0.2, -0.15) is 0 Å². The monoisotopic (exact) mass is 403 g/mol. The minimum absolute atomic E-state index is 0.209. The molecule has 3 aromatic rings. The highest BCUT2D eigenvalue weighted by atomic mass is 19.2. The number of likely N-dealkylation sites (tertiary alicyclic amines) is 1. The summed E-state index contributed by atoms with van der Waals surface area (Å²) < 4.78 is 53.8. The fraction of sp³-hybridized carbons (Fsp3) is 0.364. The Balaban J connectivity index is 1.37. The first-order valence-electron chi connectivity index (χ1n) is 9.87. The van der Waals surface area contributed by atoms with Crippen molar-refractivity contribution in [3.63, 3.8) is 0 Å². The zero-order chi connectivity index (χ0) is 20.2. The van der Waals surface area contributed by atoms with E-state index >= 15 is 0 Å². The van der Waals surface area contributed by atoms with E-state index < -0.39 is 17.5 Å². The lowest BCUT2D eigenvalue weighted by atomic mass is 9.79. The molecule has 5 rings (SSSR count). The first-order valence-corrected chi connectivity index (χ1v) is 9.87. The van der Waals surface area contributed by atoms with E-state index in [1.165, 1.54) is 17.7 Å². The molecule has 7 heteroatoms. The van der Waals surface area contributed by atoms with Crippen LogP contribution in [0.5, 0.6) is 0 Å². The van der Waals surface area contributed by atoms with Gasteiger partial charge in [0.1, 0.15) is 5.82 Å². The minimum atomic E-state index is -1.43. The molecule has 2 aliphatic rings. The van der Waals surface area contributed by atoms with Crippen LogP contribution >= 0.6 is 0 Å². The Labute approximate surface area is 165 Å². The lowest BCUT2D eigenvalue weighted by Gasteiger charge is -2.45. The maximum atomic E-state index is 13.7. The van der Waals surface area contributed by atoms with Crippen LogP contribution in [0.4, 0.5) is 17.6 Å². The number of hydrogen-bond donors (Lipinski definition) is 2. The molecule has 152 valence electrons. The molecule has 1 aromatic heterocycles. The van der Waals surface area contributed by atoms with Crippen LogP contribution in [0.2, 0.25) is 0 Å². The highest BCUT2D eigenvalue weighted by Gasteiger charge is 2.41. The number of fused-ring (bicyclic) bond motifs is 4. The Morgan fingerprint density at radius 3 is 2.41 bits per heavy atom. The quantitative estimate of drug-likeness (QED) is 0.492. The summed E-state index contributed by atoms with van der Waals surface area (Å²) in [5.41, 5.74) is 3.41. The van der Waals surface area contributed by atoms with E-state index in [1.807, 2.05) is 6.07 Å². The molecule has 0 bridgehead atoms. The standard InChI is InChI=1S/C22H21F4N3/c23-14-1-2-15-16-3-6-27-22(21(16)28-19(15)11-14)4-7-29(8-5-22)12-13-9-17(24)20(26)18(25)10-13/h1-2,9-11,27-28H,3-8,12H2. The third-order valence-corrected chi connectivity index (χ3v) is 6.34. The molecule has 0 unspecified atom stereocenters. The van der Waals surface area contributed by atoms with Crippen LogP contribution in [0, 0.1) is 23.3 Å². The van der Waals surface area contributed by atoms with E-state index in [0.29, 0.717) is 12.1 Å². The molecule has 0 amide bonds. The van der Waals surface area contributed by atoms with Crippen molar-refractivity contribution in [2.75, 3.05) is 19.6 Å². The summed E-state index contributed by atoms with van der Waals surface area (Å²) in [6.07, 6.45) is 2.53. The number of rotatable bonds is 2. The average molecular weight is 403 g/mol. The van der Waals surface area contributed by atoms with Crippen LogP contribution in [0.25, 0.3) is 10.9 Å². The number of halogens is 4. The van der Waals surface area contributed by atoms with E-state index in [-0.39, 0.29) is 11.4 Å². The summed E-state index contributed by atoms with van der Waals surface area (Å²) >= 11 is 0. The fourth-order valence-corrected chi connectivity index (χ4v) is 4.89. The van der Waals surface area contributed by atoms with Crippen molar-refractivity contribution in [2.24, 2.45) is 0 Å². The molecule has 1 saturated heterocycles. The summed E-state index contributed by atoms with van der Waals surface area (Å²) in [6, 6.07) is 6.99. The summed E-state index contributed by atoms with van der Waals surface area (Å²) in [5.74, 6) is -4.00. The lowest BCUT2D eigenvalue weighted by molar-refractivity contribution is 0.121. The van der Waals surface area contributed by atoms with Crippen LogP contribution in [0.15, 0.2) is 30.3 Å². The van der Waals surface area contributed by atoms with Crippen LogP contribution < -0.4 is 5.32 Å². The van der Waals surface area contributed by atoms with Crippen LogP contribution in [-0.2, 0) is 18.5 Å². The molecule has 2 aromatic carbocycles. The Bertz CT molecular complexity index is 1060. The second kappa shape index (κ2) is 6.85. The molecule has 1 spiro atoms. The van der Waals surface area contributed by atoms with Crippen molar-refractivity contribution >= 4 is 10.9 Å². The molecule has 2 aliphatic heterocycles. The number of nitrogens with zero attached hydrogens (tertiary/aromatic N) is 1. The van der Waals surface area contributed by atoms with Gasteiger partial charge in [-0.15, -0.1) is 0 Å². The highest BCUT2D eigenvalue weighted by molar-refractivity contribution is 5.85. The van der Waals surface area contributed by atoms with E-state index in [1.54, 1.807) is 0 Å². The van der Waals surface area contributed by atoms with E-state index in [4.69, 9.17) is 0 Å². The lowest BCUT2D eigenvalue weighted by Crippen LogP contribution is -2.54. The highest BCUT2D eigenvalue weighted by Crippen LogP contribution is 2.40. The third-order valence-electron chi connectivity index (χ3n) is 6.34. The molecule has 1 fully saturated rings. The second-order valence-corrected chi connectivity index (χ2v) is 8.08. The number of hydrogen-bond acceptors (Lipinski definition) is 2. The van der Waals surface area contributed by atoms with Gasteiger partial charge >= 0.3 is 0 Å². The molecule has 0 saturated carbocycles. The minimum Gasteiger partial charge on any atom is -0.357 e. The smallest absolute Gasteiger partial charge is 0.194 e. The van der Waals surface area contributed by atoms with Gasteiger partial charge in [-0.25, -0.2) is 17.6 Å². The van der Waals surface area contributed by atoms with Crippen LogP contribution in [0.1, 0.15) is 29.7 Å². The zero-order valence-corrected chi connectivity index (χ0v) is 15.8. The average Bonchev–Trinajstić information content (AvgIpc) is 3.07. The van der Waals surface area contributed by atoms with Crippen molar-refractivity contribution in [1.82, 2.24) is 15.2 Å². The van der Waals surface area contributed by atoms with E-state index in [2.05, 4.69) is 15.2 Å². The van der Waals surface area contributed by atoms with Crippen molar-refractivity contribution in [3.05, 3.63) is 70.4 Å². The topological polar surface area (TPSA) is 31.1 Å². The Morgan fingerprint density at radius 2 is 1.69 bits per heavy atom. The zero-order valence-electron chi connectivity index (χ0n) is 15.8. The molecule has 0 radical (unpaired) electrons. The molecular formula is C22H21F4N3. The molecule has 2 N–H and O–H groups in total. The van der Waals surface area contributed by atoms with Crippen molar-refractivity contribution in [3.8, 4) is 0 Å². The van der Waals surface area contributed by atoms with Gasteiger partial charge in [0, 0.05) is 42.8 Å². The Morgan fingerprint density at radius 1 is 0.966 bits per heavy atom. The van der Waals surface area contributed by atoms with Crippen LogP contribution in [-0.4, -0.2) is 29.5 Å².